The van der Waals surface area contributed by atoms with Gasteiger partial charge in [-0.15, -0.1) is 0 Å². The van der Waals surface area contributed by atoms with Gasteiger partial charge in [0.2, 0.25) is 0 Å². The van der Waals surface area contributed by atoms with Crippen molar-refractivity contribution in [1.82, 2.24) is 0 Å². The van der Waals surface area contributed by atoms with Crippen molar-refractivity contribution in [2.24, 2.45) is 0 Å². The Bertz CT molecular complexity index is 278. The number of fused-ring (bicyclic) bond motifs is 1. The summed E-state index contributed by atoms with van der Waals surface area (Å²) in [5, 5.41) is 9.18. The summed E-state index contributed by atoms with van der Waals surface area (Å²) in [7, 11) is 0. The molecule has 1 atom stereocenters. The smallest absolute Gasteiger partial charge is 0.115 e. The summed E-state index contributed by atoms with van der Waals surface area (Å²) in [6, 6.07) is 5.71. The predicted octanol–water partition coefficient (Wildman–Crippen LogP) is 2.44. The molecule has 0 heterocycles. The average molecular weight is 148 g/mol. The molecule has 0 saturated carbocycles. The summed E-state index contributed by atoms with van der Waals surface area (Å²) in [5.41, 5.74) is 2.75. The third-order valence-corrected chi connectivity index (χ3v) is 2.50. The molecule has 0 amide bonds. The Morgan fingerprint density at radius 3 is 3.09 bits per heavy atom. The van der Waals surface area contributed by atoms with Gasteiger partial charge in [0.1, 0.15) is 5.75 Å². The summed E-state index contributed by atoms with van der Waals surface area (Å²) in [4.78, 5) is 0. The molecule has 0 saturated heterocycles. The lowest BCUT2D eigenvalue weighted by atomic mass is 10.0. The van der Waals surface area contributed by atoms with Crippen LogP contribution in [-0.2, 0) is 6.42 Å². The molecule has 58 valence electrons. The van der Waals surface area contributed by atoms with Gasteiger partial charge in [-0.2, -0.15) is 0 Å². The lowest BCUT2D eigenvalue weighted by Crippen LogP contribution is -1.84. The van der Waals surface area contributed by atoms with Crippen LogP contribution in [0.4, 0.5) is 0 Å². The van der Waals surface area contributed by atoms with Crippen LogP contribution >= 0.6 is 0 Å². The van der Waals surface area contributed by atoms with Crippen LogP contribution in [0.5, 0.6) is 5.75 Å². The van der Waals surface area contributed by atoms with Gasteiger partial charge in [0, 0.05) is 0 Å². The first-order valence-electron chi connectivity index (χ1n) is 4.09. The van der Waals surface area contributed by atoms with Gasteiger partial charge in [0.15, 0.2) is 0 Å². The van der Waals surface area contributed by atoms with Gasteiger partial charge in [-0.25, -0.2) is 0 Å². The van der Waals surface area contributed by atoms with Gasteiger partial charge in [0.05, 0.1) is 0 Å². The SMILES string of the molecule is C[C@@H]1CCc2cc(O)ccc21. The van der Waals surface area contributed by atoms with E-state index in [9.17, 15) is 5.11 Å². The highest BCUT2D eigenvalue weighted by molar-refractivity contribution is 5.39. The first-order valence-corrected chi connectivity index (χ1v) is 4.09. The molecular formula is C10H12O. The molecule has 1 aromatic rings. The van der Waals surface area contributed by atoms with Crippen molar-refractivity contribution >= 4 is 0 Å². The minimum absolute atomic E-state index is 0.401. The van der Waals surface area contributed by atoms with Crippen molar-refractivity contribution in [3.8, 4) is 5.75 Å². The number of benzene rings is 1. The number of rotatable bonds is 0. The minimum Gasteiger partial charge on any atom is -0.508 e. The van der Waals surface area contributed by atoms with Crippen LogP contribution in [0, 0.1) is 0 Å². The lowest BCUT2D eigenvalue weighted by Gasteiger charge is -2.03. The highest BCUT2D eigenvalue weighted by Crippen LogP contribution is 2.34. The van der Waals surface area contributed by atoms with E-state index in [1.165, 1.54) is 17.5 Å². The van der Waals surface area contributed by atoms with Gasteiger partial charge in [0.25, 0.3) is 0 Å². The second-order valence-electron chi connectivity index (χ2n) is 3.32. The summed E-state index contributed by atoms with van der Waals surface area (Å²) < 4.78 is 0. The normalized spacial score (nSPS) is 21.7. The molecule has 0 aromatic heterocycles. The second kappa shape index (κ2) is 2.26. The standard InChI is InChI=1S/C10H12O/c1-7-2-3-8-6-9(11)4-5-10(7)8/h4-7,11H,2-3H2,1H3/t7-/m1/s1. The van der Waals surface area contributed by atoms with E-state index in [0.29, 0.717) is 11.7 Å². The zero-order valence-electron chi connectivity index (χ0n) is 6.67. The third-order valence-electron chi connectivity index (χ3n) is 2.50. The number of hydrogen-bond acceptors (Lipinski definition) is 1. The summed E-state index contributed by atoms with van der Waals surface area (Å²) in [6.07, 6.45) is 2.36. The molecule has 1 aliphatic carbocycles. The van der Waals surface area contributed by atoms with Gasteiger partial charge >= 0.3 is 0 Å². The molecule has 0 spiro atoms. The molecule has 0 radical (unpaired) electrons. The van der Waals surface area contributed by atoms with Gasteiger partial charge in [-0.05, 0) is 42.0 Å². The van der Waals surface area contributed by atoms with E-state index in [1.54, 1.807) is 6.07 Å². The maximum Gasteiger partial charge on any atom is 0.115 e. The number of aryl methyl sites for hydroxylation is 1. The number of phenols is 1. The summed E-state index contributed by atoms with van der Waals surface area (Å²) >= 11 is 0. The van der Waals surface area contributed by atoms with Crippen molar-refractivity contribution in [1.29, 1.82) is 0 Å². The van der Waals surface area contributed by atoms with Crippen LogP contribution in [0.15, 0.2) is 18.2 Å². The molecular weight excluding hydrogens is 136 g/mol. The van der Waals surface area contributed by atoms with Gasteiger partial charge in [-0.3, -0.25) is 0 Å². The van der Waals surface area contributed by atoms with Crippen molar-refractivity contribution in [2.75, 3.05) is 0 Å². The first kappa shape index (κ1) is 6.71. The zero-order valence-corrected chi connectivity index (χ0v) is 6.67. The Hall–Kier alpha value is -0.980. The van der Waals surface area contributed by atoms with Crippen molar-refractivity contribution in [3.63, 3.8) is 0 Å². The average Bonchev–Trinajstić information content (AvgIpc) is 2.32. The van der Waals surface area contributed by atoms with Gasteiger partial charge in [-0.1, -0.05) is 13.0 Å². The van der Waals surface area contributed by atoms with Crippen molar-refractivity contribution in [2.45, 2.75) is 25.7 Å². The number of aromatic hydroxyl groups is 1. The molecule has 1 N–H and O–H groups in total. The van der Waals surface area contributed by atoms with Crippen LogP contribution in [-0.4, -0.2) is 5.11 Å². The number of phenolic OH excluding ortho intramolecular Hbond substituents is 1. The lowest BCUT2D eigenvalue weighted by molar-refractivity contribution is 0.474. The minimum atomic E-state index is 0.401. The van der Waals surface area contributed by atoms with E-state index in [4.69, 9.17) is 0 Å². The zero-order chi connectivity index (χ0) is 7.84. The van der Waals surface area contributed by atoms with Crippen LogP contribution in [0.25, 0.3) is 0 Å². The number of hydrogen-bond donors (Lipinski definition) is 1. The van der Waals surface area contributed by atoms with E-state index in [-0.39, 0.29) is 0 Å². The molecule has 1 aliphatic rings. The molecule has 0 unspecified atom stereocenters. The summed E-state index contributed by atoms with van der Waals surface area (Å²) in [5.74, 6) is 1.09. The Morgan fingerprint density at radius 2 is 2.27 bits per heavy atom. The van der Waals surface area contributed by atoms with E-state index >= 15 is 0 Å². The third kappa shape index (κ3) is 1.01. The fraction of sp³-hybridized carbons (Fsp3) is 0.400. The molecule has 11 heavy (non-hydrogen) atoms. The molecule has 1 heteroatoms. The topological polar surface area (TPSA) is 20.2 Å². The molecule has 1 aromatic carbocycles. The highest BCUT2D eigenvalue weighted by atomic mass is 16.3. The van der Waals surface area contributed by atoms with Crippen LogP contribution in [0.1, 0.15) is 30.4 Å². The first-order chi connectivity index (χ1) is 5.27. The molecule has 2 rings (SSSR count). The maximum absolute atomic E-state index is 9.18. The van der Waals surface area contributed by atoms with Crippen molar-refractivity contribution < 1.29 is 5.11 Å². The van der Waals surface area contributed by atoms with E-state index < -0.39 is 0 Å². The Labute approximate surface area is 66.7 Å². The largest absolute Gasteiger partial charge is 0.508 e. The molecule has 0 bridgehead atoms. The van der Waals surface area contributed by atoms with Crippen LogP contribution in [0.3, 0.4) is 0 Å². The fourth-order valence-corrected chi connectivity index (χ4v) is 1.82. The molecule has 0 fully saturated rings. The monoisotopic (exact) mass is 148 g/mol. The van der Waals surface area contributed by atoms with Crippen LogP contribution in [0.2, 0.25) is 0 Å². The molecule has 1 nitrogen and oxygen atoms in total. The van der Waals surface area contributed by atoms with Crippen LogP contribution < -0.4 is 0 Å². The predicted molar refractivity (Wildman–Crippen MR) is 44.8 cm³/mol. The van der Waals surface area contributed by atoms with Gasteiger partial charge < -0.3 is 5.11 Å². The fourth-order valence-electron chi connectivity index (χ4n) is 1.82. The second-order valence-corrected chi connectivity index (χ2v) is 3.32. The Balaban J connectivity index is 2.50. The van der Waals surface area contributed by atoms with E-state index in [1.807, 2.05) is 12.1 Å². The quantitative estimate of drug-likeness (QED) is 0.599. The van der Waals surface area contributed by atoms with E-state index in [2.05, 4.69) is 6.92 Å². The van der Waals surface area contributed by atoms with Crippen molar-refractivity contribution in [3.05, 3.63) is 29.3 Å². The summed E-state index contributed by atoms with van der Waals surface area (Å²) in [6.45, 7) is 2.24. The molecule has 0 aliphatic heterocycles. The Kier molecular flexibility index (Phi) is 1.38. The maximum atomic E-state index is 9.18. The highest BCUT2D eigenvalue weighted by Gasteiger charge is 2.17. The van der Waals surface area contributed by atoms with E-state index in [0.717, 1.165) is 6.42 Å². The Morgan fingerprint density at radius 1 is 1.45 bits per heavy atom.